The first-order valence-electron chi connectivity index (χ1n) is 5.70. The standard InChI is InChI=1S/C12H13F4N2/c1-4-17-6(3)18(5-2)12-10(16)8(14)7(13)9(15)11(12)17/h4-5H2,1-3H3/q+1. The van der Waals surface area contributed by atoms with Gasteiger partial charge in [0.25, 0.3) is 5.82 Å². The fraction of sp³-hybridized carbons (Fsp3) is 0.417. The van der Waals surface area contributed by atoms with Gasteiger partial charge in [-0.1, -0.05) is 0 Å². The van der Waals surface area contributed by atoms with Crippen LogP contribution in [0.1, 0.15) is 19.7 Å². The van der Waals surface area contributed by atoms with E-state index in [1.54, 1.807) is 20.8 Å². The summed E-state index contributed by atoms with van der Waals surface area (Å²) in [6.45, 7) is 5.80. The van der Waals surface area contributed by atoms with E-state index in [-0.39, 0.29) is 11.0 Å². The van der Waals surface area contributed by atoms with Crippen LogP contribution in [0.3, 0.4) is 0 Å². The highest BCUT2D eigenvalue weighted by molar-refractivity contribution is 5.74. The van der Waals surface area contributed by atoms with E-state index in [0.717, 1.165) is 0 Å². The van der Waals surface area contributed by atoms with Crippen LogP contribution in [0.4, 0.5) is 17.6 Å². The number of benzene rings is 1. The Balaban J connectivity index is 3.10. The third-order valence-electron chi connectivity index (χ3n) is 3.17. The van der Waals surface area contributed by atoms with Crippen LogP contribution in [0.2, 0.25) is 0 Å². The Morgan fingerprint density at radius 1 is 0.944 bits per heavy atom. The van der Waals surface area contributed by atoms with Gasteiger partial charge >= 0.3 is 0 Å². The fourth-order valence-electron chi connectivity index (χ4n) is 2.34. The van der Waals surface area contributed by atoms with E-state index in [1.165, 1.54) is 9.13 Å². The van der Waals surface area contributed by atoms with Crippen LogP contribution in [0, 0.1) is 30.2 Å². The molecule has 0 fully saturated rings. The molecule has 1 aromatic carbocycles. The minimum absolute atomic E-state index is 0.228. The van der Waals surface area contributed by atoms with E-state index in [9.17, 15) is 17.6 Å². The average Bonchev–Trinajstić information content (AvgIpc) is 2.65. The predicted octanol–water partition coefficient (Wildman–Crippen LogP) is 2.83. The average molecular weight is 261 g/mol. The maximum atomic E-state index is 13.8. The normalized spacial score (nSPS) is 11.5. The highest BCUT2D eigenvalue weighted by Crippen LogP contribution is 2.26. The molecule has 0 amide bonds. The summed E-state index contributed by atoms with van der Waals surface area (Å²) < 4.78 is 57.0. The Morgan fingerprint density at radius 3 is 2.00 bits per heavy atom. The third kappa shape index (κ3) is 1.44. The molecule has 0 radical (unpaired) electrons. The molecule has 0 saturated heterocycles. The van der Waals surface area contributed by atoms with Crippen molar-refractivity contribution in [1.82, 2.24) is 4.57 Å². The van der Waals surface area contributed by atoms with Gasteiger partial charge < -0.3 is 0 Å². The van der Waals surface area contributed by atoms with Gasteiger partial charge in [0, 0.05) is 6.92 Å². The molecule has 0 bridgehead atoms. The topological polar surface area (TPSA) is 8.81 Å². The number of imidazole rings is 1. The molecular formula is C12H13F4N2+. The van der Waals surface area contributed by atoms with Gasteiger partial charge in [-0.2, -0.15) is 8.78 Å². The second-order valence-electron chi connectivity index (χ2n) is 3.99. The molecule has 0 aliphatic rings. The largest absolute Gasteiger partial charge is 0.254 e. The van der Waals surface area contributed by atoms with E-state index in [1.807, 2.05) is 0 Å². The predicted molar refractivity (Wildman–Crippen MR) is 58.1 cm³/mol. The van der Waals surface area contributed by atoms with Crippen molar-refractivity contribution in [2.75, 3.05) is 0 Å². The van der Waals surface area contributed by atoms with Crippen molar-refractivity contribution in [3.8, 4) is 0 Å². The molecule has 0 aliphatic heterocycles. The molecule has 6 heteroatoms. The Bertz CT molecular complexity index is 578. The van der Waals surface area contributed by atoms with Gasteiger partial charge in [0.15, 0.2) is 0 Å². The lowest BCUT2D eigenvalue weighted by atomic mass is 10.2. The molecule has 2 rings (SSSR count). The first kappa shape index (κ1) is 12.9. The highest BCUT2D eigenvalue weighted by atomic mass is 19.2. The number of rotatable bonds is 2. The van der Waals surface area contributed by atoms with Gasteiger partial charge in [-0.15, -0.1) is 0 Å². The first-order chi connectivity index (χ1) is 8.45. The van der Waals surface area contributed by atoms with Crippen LogP contribution in [-0.4, -0.2) is 4.57 Å². The smallest absolute Gasteiger partial charge is 0.225 e. The number of aryl methyl sites for hydroxylation is 2. The lowest BCUT2D eigenvalue weighted by Gasteiger charge is -1.99. The van der Waals surface area contributed by atoms with Gasteiger partial charge in [0.1, 0.15) is 0 Å². The number of hydrogen-bond acceptors (Lipinski definition) is 0. The Kier molecular flexibility index (Phi) is 3.04. The Hall–Kier alpha value is -1.59. The van der Waals surface area contributed by atoms with Gasteiger partial charge in [0.2, 0.25) is 34.3 Å². The summed E-state index contributed by atoms with van der Waals surface area (Å²) in [5, 5.41) is 0. The molecule has 0 saturated carbocycles. The number of hydrogen-bond donors (Lipinski definition) is 0. The molecule has 1 heterocycles. The summed E-state index contributed by atoms with van der Waals surface area (Å²) in [5.41, 5.74) is -0.457. The maximum absolute atomic E-state index is 13.8. The molecule has 18 heavy (non-hydrogen) atoms. The second-order valence-corrected chi connectivity index (χ2v) is 3.99. The second kappa shape index (κ2) is 4.26. The van der Waals surface area contributed by atoms with Crippen molar-refractivity contribution in [2.45, 2.75) is 33.9 Å². The van der Waals surface area contributed by atoms with Gasteiger partial charge in [-0.3, -0.25) is 0 Å². The number of nitrogens with zero attached hydrogens (tertiary/aromatic N) is 2. The van der Waals surface area contributed by atoms with E-state index in [2.05, 4.69) is 0 Å². The highest BCUT2D eigenvalue weighted by Gasteiger charge is 2.32. The zero-order valence-corrected chi connectivity index (χ0v) is 10.3. The lowest BCUT2D eigenvalue weighted by molar-refractivity contribution is -0.675. The minimum Gasteiger partial charge on any atom is -0.225 e. The Labute approximate surface area is 101 Å². The van der Waals surface area contributed by atoms with Crippen LogP contribution in [0.15, 0.2) is 0 Å². The minimum atomic E-state index is -1.77. The number of halogens is 4. The van der Waals surface area contributed by atoms with Crippen molar-refractivity contribution < 1.29 is 22.1 Å². The van der Waals surface area contributed by atoms with Crippen molar-refractivity contribution in [2.24, 2.45) is 0 Å². The van der Waals surface area contributed by atoms with Gasteiger partial charge in [0.05, 0.1) is 13.1 Å². The summed E-state index contributed by atoms with van der Waals surface area (Å²) in [6, 6.07) is 0. The summed E-state index contributed by atoms with van der Waals surface area (Å²) in [4.78, 5) is 0. The molecule has 0 spiro atoms. The fourth-order valence-corrected chi connectivity index (χ4v) is 2.34. The zero-order chi connectivity index (χ0) is 13.6. The van der Waals surface area contributed by atoms with E-state index >= 15 is 0 Å². The van der Waals surface area contributed by atoms with E-state index in [0.29, 0.717) is 18.9 Å². The third-order valence-corrected chi connectivity index (χ3v) is 3.17. The quantitative estimate of drug-likeness (QED) is 0.340. The summed E-state index contributed by atoms with van der Waals surface area (Å²) in [7, 11) is 0. The van der Waals surface area contributed by atoms with Crippen LogP contribution in [0.5, 0.6) is 0 Å². The molecule has 0 atom stereocenters. The maximum Gasteiger partial charge on any atom is 0.254 e. The number of aromatic nitrogens is 2. The zero-order valence-electron chi connectivity index (χ0n) is 10.3. The van der Waals surface area contributed by atoms with Crippen LogP contribution in [0.25, 0.3) is 11.0 Å². The lowest BCUT2D eigenvalue weighted by Crippen LogP contribution is -2.36. The van der Waals surface area contributed by atoms with Crippen molar-refractivity contribution in [3.63, 3.8) is 0 Å². The van der Waals surface area contributed by atoms with Crippen LogP contribution in [-0.2, 0) is 13.1 Å². The molecule has 0 aliphatic carbocycles. The summed E-state index contributed by atoms with van der Waals surface area (Å²) in [5.74, 6) is -5.68. The molecule has 2 aromatic rings. The van der Waals surface area contributed by atoms with E-state index < -0.39 is 23.3 Å². The SMILES string of the molecule is CCn1c(C)[n+](CC)c2c(F)c(F)c(F)c(F)c21. The van der Waals surface area contributed by atoms with Crippen molar-refractivity contribution in [3.05, 3.63) is 29.1 Å². The van der Waals surface area contributed by atoms with Crippen LogP contribution >= 0.6 is 0 Å². The molecule has 0 N–H and O–H groups in total. The molecule has 0 unspecified atom stereocenters. The van der Waals surface area contributed by atoms with Gasteiger partial charge in [-0.05, 0) is 13.8 Å². The monoisotopic (exact) mass is 261 g/mol. The van der Waals surface area contributed by atoms with Crippen molar-refractivity contribution >= 4 is 11.0 Å². The van der Waals surface area contributed by atoms with Crippen molar-refractivity contribution in [1.29, 1.82) is 0 Å². The van der Waals surface area contributed by atoms with E-state index in [4.69, 9.17) is 0 Å². The molecule has 2 nitrogen and oxygen atoms in total. The molecule has 98 valence electrons. The summed E-state index contributed by atoms with van der Waals surface area (Å²) >= 11 is 0. The molecular weight excluding hydrogens is 248 g/mol. The molecule has 1 aromatic heterocycles. The number of fused-ring (bicyclic) bond motifs is 1. The van der Waals surface area contributed by atoms with Crippen LogP contribution < -0.4 is 4.57 Å². The van der Waals surface area contributed by atoms with Gasteiger partial charge in [-0.25, -0.2) is 17.9 Å². The Morgan fingerprint density at radius 2 is 1.50 bits per heavy atom. The first-order valence-corrected chi connectivity index (χ1v) is 5.70. The summed E-state index contributed by atoms with van der Waals surface area (Å²) in [6.07, 6.45) is 0.